The van der Waals surface area contributed by atoms with E-state index in [0.717, 1.165) is 32.1 Å². The Labute approximate surface area is 223 Å². The molecule has 0 aromatic rings. The molecule has 34 heavy (non-hydrogen) atoms. The maximum absolute atomic E-state index is 7.14. The molecule has 3 rings (SSSR count). The van der Waals surface area contributed by atoms with Crippen molar-refractivity contribution in [2.24, 2.45) is 0 Å². The minimum absolute atomic E-state index is 0.146. The van der Waals surface area contributed by atoms with Gasteiger partial charge in [0, 0.05) is 0 Å². The molecule has 5 heteroatoms. The van der Waals surface area contributed by atoms with Crippen LogP contribution in [0.5, 0.6) is 0 Å². The van der Waals surface area contributed by atoms with Gasteiger partial charge in [-0.3, -0.25) is 0 Å². The number of rotatable bonds is 11. The first-order chi connectivity index (χ1) is 16.0. The number of fused-ring (bicyclic) bond motifs is 1. The molecule has 3 nitrogen and oxygen atoms in total. The zero-order valence-corrected chi connectivity index (χ0v) is 27.8. The van der Waals surface area contributed by atoms with E-state index >= 15 is 0 Å². The summed E-state index contributed by atoms with van der Waals surface area (Å²) >= 11 is 1.29. The monoisotopic (exact) mass is 648 g/mol. The van der Waals surface area contributed by atoms with Crippen molar-refractivity contribution in [2.45, 2.75) is 166 Å². The number of unbranched alkanes of at least 4 members (excludes halogenated alkanes) is 3. The zero-order chi connectivity index (χ0) is 25.0. The Kier molecular flexibility index (Phi) is 10.4. The molecule has 0 spiro atoms. The second-order valence-electron chi connectivity index (χ2n) is 12.5. The first-order valence-electron chi connectivity index (χ1n) is 14.4. The van der Waals surface area contributed by atoms with Crippen molar-refractivity contribution in [1.82, 2.24) is 0 Å². The van der Waals surface area contributed by atoms with Gasteiger partial charge in [-0.15, -0.1) is 0 Å². The molecule has 5 atom stereocenters. The molecule has 2 saturated heterocycles. The Morgan fingerprint density at radius 1 is 0.853 bits per heavy atom. The third-order valence-corrected chi connectivity index (χ3v) is 25.8. The second kappa shape index (κ2) is 12.1. The fourth-order valence-corrected chi connectivity index (χ4v) is 22.9. The Morgan fingerprint density at radius 3 is 1.94 bits per heavy atom. The predicted octanol–water partition coefficient (Wildman–Crippen LogP) is 9.10. The number of alkyl halides is 1. The van der Waals surface area contributed by atoms with Crippen molar-refractivity contribution in [3.63, 3.8) is 0 Å². The Balaban J connectivity index is 1.79. The molecular formula is C29H53BrO3Sn. The van der Waals surface area contributed by atoms with Crippen molar-refractivity contribution >= 4 is 34.3 Å². The third kappa shape index (κ3) is 6.41. The van der Waals surface area contributed by atoms with Crippen LogP contribution >= 0.6 is 15.9 Å². The topological polar surface area (TPSA) is 27.7 Å². The van der Waals surface area contributed by atoms with Gasteiger partial charge in [-0.2, -0.15) is 0 Å². The molecule has 198 valence electrons. The second-order valence-corrected chi connectivity index (χ2v) is 26.6. The van der Waals surface area contributed by atoms with Crippen molar-refractivity contribution in [1.29, 1.82) is 0 Å². The molecule has 3 aliphatic heterocycles. The molecule has 0 unspecified atom stereocenters. The van der Waals surface area contributed by atoms with Gasteiger partial charge in [0.05, 0.1) is 0 Å². The van der Waals surface area contributed by atoms with Crippen molar-refractivity contribution < 1.29 is 14.2 Å². The Hall–Kier alpha value is 0.739. The van der Waals surface area contributed by atoms with E-state index in [9.17, 15) is 0 Å². The van der Waals surface area contributed by atoms with E-state index < -0.39 is 18.4 Å². The number of hydrogen-bond donors (Lipinski definition) is 0. The fraction of sp³-hybridized carbons (Fsp3) is 0.931. The van der Waals surface area contributed by atoms with Crippen LogP contribution in [0.2, 0.25) is 13.3 Å². The third-order valence-electron chi connectivity index (χ3n) is 9.15. The Morgan fingerprint density at radius 2 is 1.41 bits per heavy atom. The van der Waals surface area contributed by atoms with E-state index in [1.807, 2.05) is 0 Å². The van der Waals surface area contributed by atoms with E-state index in [-0.39, 0.29) is 29.0 Å². The van der Waals surface area contributed by atoms with Gasteiger partial charge >= 0.3 is 225 Å². The fourth-order valence-electron chi connectivity index (χ4n) is 6.69. The summed E-state index contributed by atoms with van der Waals surface area (Å²) < 4.78 is 26.7. The molecule has 0 aliphatic carbocycles. The molecule has 0 bridgehead atoms. The van der Waals surface area contributed by atoms with Crippen molar-refractivity contribution in [2.75, 3.05) is 0 Å². The van der Waals surface area contributed by atoms with Crippen LogP contribution in [0, 0.1) is 0 Å². The molecule has 0 aromatic carbocycles. The van der Waals surface area contributed by atoms with Crippen molar-refractivity contribution in [3.8, 4) is 0 Å². The molecule has 3 heterocycles. The molecule has 0 N–H and O–H groups in total. The number of ether oxygens (including phenoxy) is 3. The summed E-state index contributed by atoms with van der Waals surface area (Å²) in [6.07, 6.45) is 16.2. The average molecular weight is 648 g/mol. The quantitative estimate of drug-likeness (QED) is 0.165. The molecule has 0 saturated carbocycles. The van der Waals surface area contributed by atoms with Crippen LogP contribution in [0.15, 0.2) is 9.85 Å². The maximum atomic E-state index is 7.14. The van der Waals surface area contributed by atoms with Crippen molar-refractivity contribution in [3.05, 3.63) is 9.85 Å². The normalized spacial score (nSPS) is 35.9. The summed E-state index contributed by atoms with van der Waals surface area (Å²) in [6, 6.07) is 0. The zero-order valence-electron chi connectivity index (χ0n) is 23.3. The molecule has 3 aliphatic rings. The minimum atomic E-state index is -2.55. The van der Waals surface area contributed by atoms with Gasteiger partial charge in [-0.25, -0.2) is 0 Å². The van der Waals surface area contributed by atoms with Gasteiger partial charge < -0.3 is 0 Å². The van der Waals surface area contributed by atoms with E-state index in [1.54, 1.807) is 0 Å². The summed E-state index contributed by atoms with van der Waals surface area (Å²) in [5.74, 6) is 0. The van der Waals surface area contributed by atoms with Crippen LogP contribution in [0.3, 0.4) is 0 Å². The number of hydrogen-bond acceptors (Lipinski definition) is 3. The molecule has 0 aromatic heterocycles. The summed E-state index contributed by atoms with van der Waals surface area (Å²) in [6.45, 7) is 16.1. The summed E-state index contributed by atoms with van der Waals surface area (Å²) in [5.41, 5.74) is -0.559. The summed E-state index contributed by atoms with van der Waals surface area (Å²) in [4.78, 5) is 0.403. The number of halogens is 1. The Bertz CT molecular complexity index is 673. The van der Waals surface area contributed by atoms with Crippen LogP contribution in [0.25, 0.3) is 0 Å². The average Bonchev–Trinajstić information content (AvgIpc) is 2.80. The van der Waals surface area contributed by atoms with Crippen LogP contribution in [0.1, 0.15) is 119 Å². The van der Waals surface area contributed by atoms with Crippen LogP contribution < -0.4 is 0 Å². The first-order valence-corrected chi connectivity index (χ1v) is 22.8. The van der Waals surface area contributed by atoms with Gasteiger partial charge in [0.1, 0.15) is 0 Å². The van der Waals surface area contributed by atoms with Gasteiger partial charge in [0.2, 0.25) is 0 Å². The summed E-state index contributed by atoms with van der Waals surface area (Å²) in [7, 11) is 0. The van der Waals surface area contributed by atoms with Crippen LogP contribution in [-0.2, 0) is 14.2 Å². The molecular weight excluding hydrogens is 595 g/mol. The van der Waals surface area contributed by atoms with Gasteiger partial charge in [0.25, 0.3) is 0 Å². The summed E-state index contributed by atoms with van der Waals surface area (Å²) in [5, 5.41) is 0. The predicted molar refractivity (Wildman–Crippen MR) is 151 cm³/mol. The van der Waals surface area contributed by atoms with Gasteiger partial charge in [-0.1, -0.05) is 0 Å². The van der Waals surface area contributed by atoms with Gasteiger partial charge in [-0.05, 0) is 0 Å². The molecule has 0 radical (unpaired) electrons. The van der Waals surface area contributed by atoms with Crippen LogP contribution in [-0.4, -0.2) is 52.2 Å². The van der Waals surface area contributed by atoms with E-state index in [4.69, 9.17) is 14.2 Å². The first kappa shape index (κ1) is 29.3. The van der Waals surface area contributed by atoms with E-state index in [0.29, 0.717) is 4.83 Å². The van der Waals surface area contributed by atoms with Crippen LogP contribution in [0.4, 0.5) is 0 Å². The van der Waals surface area contributed by atoms with Gasteiger partial charge in [0.15, 0.2) is 0 Å². The van der Waals surface area contributed by atoms with E-state index in [2.05, 4.69) is 70.5 Å². The molecule has 2 fully saturated rings. The van der Waals surface area contributed by atoms with E-state index in [1.165, 1.54) is 55.6 Å². The standard InChI is InChI=1S/C17H26BrO3.3C4H9.Sn/c1-15(2)12(18)7-9-17(4,21-15)14-8-10-16(3)13(20-14)6-5-11-19-16;3*1-3-4-2;/h5,12-14H,6-10H2,1-4H3;3*1,3-4H2,2H3;/t12-,13-,14-,16+,17+;;;;/m1..../s1. The SMILES string of the molecule is CCC[CH2][Sn]([CH2]CCC)([CH2]CCC)[C]1=CC[C@H]2O[C@@H]([C@]3(C)CC[C@@H](Br)C(C)(C)O3)CC[C@]2(C)O1. The molecule has 0 amide bonds.